The molecule has 3 aromatic rings. The molecule has 0 radical (unpaired) electrons. The predicted molar refractivity (Wildman–Crippen MR) is 101 cm³/mol. The lowest BCUT2D eigenvalue weighted by atomic mass is 9.90. The van der Waals surface area contributed by atoms with Crippen molar-refractivity contribution in [1.82, 2.24) is 19.7 Å². The van der Waals surface area contributed by atoms with Crippen molar-refractivity contribution in [2.75, 3.05) is 13.1 Å². The van der Waals surface area contributed by atoms with Crippen LogP contribution in [0.1, 0.15) is 45.3 Å². The van der Waals surface area contributed by atoms with E-state index < -0.39 is 11.7 Å². The molecule has 8 heteroatoms. The molecule has 1 aromatic carbocycles. The van der Waals surface area contributed by atoms with E-state index in [0.717, 1.165) is 12.8 Å². The third-order valence-corrected chi connectivity index (χ3v) is 5.21. The van der Waals surface area contributed by atoms with Crippen molar-refractivity contribution in [2.45, 2.75) is 18.8 Å². The Hall–Kier alpha value is -3.29. The van der Waals surface area contributed by atoms with Gasteiger partial charge in [-0.3, -0.25) is 19.3 Å². The number of carbonyl (C=O) groups excluding carboxylic acids is 2. The van der Waals surface area contributed by atoms with Crippen LogP contribution in [0.5, 0.6) is 0 Å². The number of nitrogens with two attached hydrogens (primary N) is 1. The van der Waals surface area contributed by atoms with Crippen molar-refractivity contribution in [3.63, 3.8) is 0 Å². The molecule has 7 nitrogen and oxygen atoms in total. The van der Waals surface area contributed by atoms with Crippen LogP contribution >= 0.6 is 0 Å². The summed E-state index contributed by atoms with van der Waals surface area (Å²) >= 11 is 0. The van der Waals surface area contributed by atoms with E-state index in [4.69, 9.17) is 5.73 Å². The number of likely N-dealkylation sites (tertiary alicyclic amines) is 1. The van der Waals surface area contributed by atoms with Gasteiger partial charge in [-0.05, 0) is 43.2 Å². The molecule has 1 unspecified atom stereocenters. The van der Waals surface area contributed by atoms with E-state index in [9.17, 15) is 14.0 Å². The van der Waals surface area contributed by atoms with Gasteiger partial charge in [0.05, 0.1) is 16.8 Å². The fraction of sp³-hybridized carbons (Fsp3) is 0.300. The number of pyridine rings is 1. The maximum Gasteiger partial charge on any atom is 0.272 e. The third kappa shape index (κ3) is 3.21. The highest BCUT2D eigenvalue weighted by atomic mass is 19.1. The van der Waals surface area contributed by atoms with Crippen LogP contribution in [0, 0.1) is 5.82 Å². The average molecular weight is 381 g/mol. The number of halogens is 1. The zero-order chi connectivity index (χ0) is 19.8. The zero-order valence-corrected chi connectivity index (χ0v) is 15.4. The monoisotopic (exact) mass is 381 g/mol. The number of amides is 2. The highest BCUT2D eigenvalue weighted by Crippen LogP contribution is 2.31. The number of nitrogens with zero attached hydrogens (tertiary/aromatic N) is 4. The van der Waals surface area contributed by atoms with Crippen molar-refractivity contribution in [1.29, 1.82) is 0 Å². The molecule has 2 aromatic heterocycles. The summed E-state index contributed by atoms with van der Waals surface area (Å²) in [4.78, 5) is 31.2. The molecule has 1 atom stereocenters. The molecule has 1 saturated heterocycles. The van der Waals surface area contributed by atoms with Crippen molar-refractivity contribution >= 4 is 22.7 Å². The summed E-state index contributed by atoms with van der Waals surface area (Å²) in [6.07, 6.45) is 3.16. The molecule has 4 rings (SSSR count). The normalized spacial score (nSPS) is 17.1. The zero-order valence-electron chi connectivity index (χ0n) is 15.4. The molecule has 0 spiro atoms. The highest BCUT2D eigenvalue weighted by molar-refractivity contribution is 5.98. The van der Waals surface area contributed by atoms with E-state index in [-0.39, 0.29) is 17.4 Å². The van der Waals surface area contributed by atoms with Gasteiger partial charge in [0.2, 0.25) is 0 Å². The van der Waals surface area contributed by atoms with Crippen molar-refractivity contribution < 1.29 is 14.0 Å². The van der Waals surface area contributed by atoms with Crippen LogP contribution in [0.2, 0.25) is 0 Å². The number of aromatic nitrogens is 3. The first-order valence-electron chi connectivity index (χ1n) is 9.11. The smallest absolute Gasteiger partial charge is 0.272 e. The van der Waals surface area contributed by atoms with E-state index in [1.807, 2.05) is 0 Å². The Kier molecular flexibility index (Phi) is 4.54. The summed E-state index contributed by atoms with van der Waals surface area (Å²) in [7, 11) is 1.73. The van der Waals surface area contributed by atoms with E-state index in [0.29, 0.717) is 35.4 Å². The molecule has 1 aliphatic heterocycles. The number of rotatable bonds is 3. The van der Waals surface area contributed by atoms with Gasteiger partial charge in [-0.1, -0.05) is 0 Å². The molecule has 3 heterocycles. The second-order valence-electron chi connectivity index (χ2n) is 7.05. The van der Waals surface area contributed by atoms with E-state index >= 15 is 0 Å². The Labute approximate surface area is 160 Å². The lowest BCUT2D eigenvalue weighted by molar-refractivity contribution is 0.0694. The second-order valence-corrected chi connectivity index (χ2v) is 7.05. The first-order chi connectivity index (χ1) is 13.4. The Morgan fingerprint density at radius 2 is 2.07 bits per heavy atom. The summed E-state index contributed by atoms with van der Waals surface area (Å²) in [5.74, 6) is -1.23. The van der Waals surface area contributed by atoms with Crippen LogP contribution in [-0.4, -0.2) is 44.6 Å². The summed E-state index contributed by atoms with van der Waals surface area (Å²) in [6, 6.07) is 7.52. The quantitative estimate of drug-likeness (QED) is 0.753. The van der Waals surface area contributed by atoms with Gasteiger partial charge in [-0.2, -0.15) is 5.10 Å². The van der Waals surface area contributed by atoms with Crippen LogP contribution < -0.4 is 5.73 Å². The molecule has 28 heavy (non-hydrogen) atoms. The number of aryl methyl sites for hydroxylation is 1. The molecule has 0 aliphatic carbocycles. The number of benzene rings is 1. The van der Waals surface area contributed by atoms with Gasteiger partial charge >= 0.3 is 0 Å². The minimum absolute atomic E-state index is 0.104. The molecule has 1 aliphatic rings. The minimum Gasteiger partial charge on any atom is -0.366 e. The van der Waals surface area contributed by atoms with Gasteiger partial charge < -0.3 is 10.6 Å². The van der Waals surface area contributed by atoms with Crippen LogP contribution in [-0.2, 0) is 7.05 Å². The summed E-state index contributed by atoms with van der Waals surface area (Å²) in [5, 5.41) is 4.58. The minimum atomic E-state index is -0.608. The molecule has 0 bridgehead atoms. The average Bonchev–Trinajstić information content (AvgIpc) is 3.12. The van der Waals surface area contributed by atoms with Crippen LogP contribution in [0.3, 0.4) is 0 Å². The van der Waals surface area contributed by atoms with Gasteiger partial charge in [0, 0.05) is 37.6 Å². The SMILES string of the molecule is Cn1nccc1C(=O)N1CCCC(c2nc3ccc(F)cc3cc2C(N)=O)C1. The Bertz CT molecular complexity index is 1080. The van der Waals surface area contributed by atoms with Crippen molar-refractivity contribution in [3.05, 3.63) is 59.3 Å². The fourth-order valence-corrected chi connectivity index (χ4v) is 3.80. The number of primary amides is 1. The third-order valence-electron chi connectivity index (χ3n) is 5.21. The Morgan fingerprint density at radius 3 is 2.79 bits per heavy atom. The van der Waals surface area contributed by atoms with Gasteiger partial charge in [-0.15, -0.1) is 0 Å². The molecule has 2 N–H and O–H groups in total. The molecule has 2 amide bonds. The topological polar surface area (TPSA) is 94.1 Å². The van der Waals surface area contributed by atoms with Crippen molar-refractivity contribution in [3.8, 4) is 0 Å². The molecule has 144 valence electrons. The molecular formula is C20H20FN5O2. The summed E-state index contributed by atoms with van der Waals surface area (Å²) in [6.45, 7) is 1.06. The standard InChI is InChI=1S/C20H20FN5O2/c1-25-17(6-7-23-25)20(28)26-8-2-3-12(11-26)18-15(19(22)27)10-13-9-14(21)4-5-16(13)24-18/h4-7,9-10,12H,2-3,8,11H2,1H3,(H2,22,27). The molecule has 1 fully saturated rings. The first kappa shape index (κ1) is 18.1. The Balaban J connectivity index is 1.69. The van der Waals surface area contributed by atoms with Crippen LogP contribution in [0.25, 0.3) is 10.9 Å². The van der Waals surface area contributed by atoms with E-state index in [2.05, 4.69) is 10.1 Å². The number of piperidine rings is 1. The predicted octanol–water partition coefficient (Wildman–Crippen LogP) is 2.23. The molecule has 0 saturated carbocycles. The summed E-state index contributed by atoms with van der Waals surface area (Å²) < 4.78 is 15.1. The van der Waals surface area contributed by atoms with E-state index in [1.54, 1.807) is 41.0 Å². The van der Waals surface area contributed by atoms with Crippen LogP contribution in [0.15, 0.2) is 36.5 Å². The van der Waals surface area contributed by atoms with Crippen molar-refractivity contribution in [2.24, 2.45) is 12.8 Å². The largest absolute Gasteiger partial charge is 0.366 e. The maximum atomic E-state index is 13.5. The number of hydrogen-bond donors (Lipinski definition) is 1. The number of fused-ring (bicyclic) bond motifs is 1. The second kappa shape index (κ2) is 7.03. The molecular weight excluding hydrogens is 361 g/mol. The van der Waals surface area contributed by atoms with Gasteiger partial charge in [0.1, 0.15) is 11.5 Å². The highest BCUT2D eigenvalue weighted by Gasteiger charge is 2.30. The maximum absolute atomic E-state index is 13.5. The Morgan fingerprint density at radius 1 is 1.25 bits per heavy atom. The van der Waals surface area contributed by atoms with Gasteiger partial charge in [0.15, 0.2) is 0 Å². The van der Waals surface area contributed by atoms with E-state index in [1.165, 1.54) is 12.1 Å². The first-order valence-corrected chi connectivity index (χ1v) is 9.11. The fourth-order valence-electron chi connectivity index (χ4n) is 3.80. The van der Waals surface area contributed by atoms with Crippen LogP contribution in [0.4, 0.5) is 4.39 Å². The number of hydrogen-bond acceptors (Lipinski definition) is 4. The lowest BCUT2D eigenvalue weighted by Crippen LogP contribution is -2.40. The van der Waals surface area contributed by atoms with Gasteiger partial charge in [0.25, 0.3) is 11.8 Å². The van der Waals surface area contributed by atoms with Gasteiger partial charge in [-0.25, -0.2) is 4.39 Å². The number of carbonyl (C=O) groups is 2. The lowest BCUT2D eigenvalue weighted by Gasteiger charge is -2.33. The summed E-state index contributed by atoms with van der Waals surface area (Å²) in [5.41, 5.74) is 7.52.